The summed E-state index contributed by atoms with van der Waals surface area (Å²) < 4.78 is 13.1. The molecule has 0 saturated heterocycles. The highest BCUT2D eigenvalue weighted by Gasteiger charge is 2.32. The molecule has 0 aromatic heterocycles. The first-order valence-electron chi connectivity index (χ1n) is 5.90. The van der Waals surface area contributed by atoms with Crippen molar-refractivity contribution in [3.8, 4) is 6.07 Å². The van der Waals surface area contributed by atoms with E-state index in [1.165, 1.54) is 12.1 Å². The number of carbonyl (C=O) groups is 1. The van der Waals surface area contributed by atoms with Crippen molar-refractivity contribution in [2.45, 2.75) is 33.2 Å². The number of amides is 1. The largest absolute Gasteiger partial charge is 0.348 e. The Hall–Kier alpha value is -1.89. The van der Waals surface area contributed by atoms with Gasteiger partial charge >= 0.3 is 0 Å². The van der Waals surface area contributed by atoms with Gasteiger partial charge in [0.15, 0.2) is 0 Å². The van der Waals surface area contributed by atoms with Crippen LogP contribution in [0.1, 0.15) is 38.8 Å². The van der Waals surface area contributed by atoms with Gasteiger partial charge in [0.2, 0.25) is 5.91 Å². The zero-order valence-corrected chi connectivity index (χ0v) is 10.8. The van der Waals surface area contributed by atoms with E-state index in [1.54, 1.807) is 32.9 Å². The Morgan fingerprint density at radius 1 is 1.61 bits per heavy atom. The molecule has 18 heavy (non-hydrogen) atoms. The second-order valence-corrected chi connectivity index (χ2v) is 4.55. The van der Waals surface area contributed by atoms with Gasteiger partial charge in [0, 0.05) is 0 Å². The van der Waals surface area contributed by atoms with Crippen LogP contribution >= 0.6 is 0 Å². The Morgan fingerprint density at radius 2 is 2.28 bits per heavy atom. The number of hydrogen-bond acceptors (Lipinski definition) is 2. The lowest BCUT2D eigenvalue weighted by molar-refractivity contribution is -0.128. The topological polar surface area (TPSA) is 52.9 Å². The van der Waals surface area contributed by atoms with Gasteiger partial charge in [0.25, 0.3) is 0 Å². The smallest absolute Gasteiger partial charge is 0.240 e. The highest BCUT2D eigenvalue weighted by molar-refractivity contribution is 5.85. The average molecular weight is 248 g/mol. The summed E-state index contributed by atoms with van der Waals surface area (Å²) in [6, 6.07) is 7.74. The van der Waals surface area contributed by atoms with Crippen molar-refractivity contribution in [3.05, 3.63) is 35.6 Å². The number of nitriles is 1. The Morgan fingerprint density at radius 3 is 2.78 bits per heavy atom. The first-order valence-corrected chi connectivity index (χ1v) is 5.90. The molecular formula is C14H17FN2O. The molecule has 1 rings (SSSR count). The van der Waals surface area contributed by atoms with Gasteiger partial charge in [-0.05, 0) is 38.0 Å². The van der Waals surface area contributed by atoms with Gasteiger partial charge in [0.05, 0.1) is 12.1 Å². The molecular weight excluding hydrogens is 231 g/mol. The van der Waals surface area contributed by atoms with Crippen LogP contribution in [-0.2, 0) is 4.79 Å². The van der Waals surface area contributed by atoms with Crippen LogP contribution in [0.4, 0.5) is 4.39 Å². The molecule has 96 valence electrons. The fourth-order valence-electron chi connectivity index (χ4n) is 1.51. The summed E-state index contributed by atoms with van der Waals surface area (Å²) in [4.78, 5) is 12.0. The maximum Gasteiger partial charge on any atom is 0.240 e. The third-order valence-electron chi connectivity index (χ3n) is 3.15. The standard InChI is InChI=1S/C14H17FN2O/c1-4-14(3,9-16)13(18)17-10(2)11-6-5-7-12(15)8-11/h5-8,10H,4H2,1-3H3,(H,17,18). The van der Waals surface area contributed by atoms with Gasteiger partial charge in [0.1, 0.15) is 11.2 Å². The molecule has 2 unspecified atom stereocenters. The van der Waals surface area contributed by atoms with E-state index in [4.69, 9.17) is 5.26 Å². The Labute approximate surface area is 107 Å². The number of carbonyl (C=O) groups excluding carboxylic acids is 1. The molecule has 0 bridgehead atoms. The molecule has 0 aliphatic rings. The number of hydrogen-bond donors (Lipinski definition) is 1. The van der Waals surface area contributed by atoms with Gasteiger partial charge in [-0.1, -0.05) is 19.1 Å². The van der Waals surface area contributed by atoms with Crippen LogP contribution in [0.2, 0.25) is 0 Å². The molecule has 1 aromatic carbocycles. The summed E-state index contributed by atoms with van der Waals surface area (Å²) >= 11 is 0. The molecule has 0 radical (unpaired) electrons. The van der Waals surface area contributed by atoms with Crippen LogP contribution in [0.3, 0.4) is 0 Å². The molecule has 4 heteroatoms. The van der Waals surface area contributed by atoms with Crippen molar-refractivity contribution >= 4 is 5.91 Å². The van der Waals surface area contributed by atoms with Gasteiger partial charge in [-0.15, -0.1) is 0 Å². The van der Waals surface area contributed by atoms with Crippen molar-refractivity contribution in [2.75, 3.05) is 0 Å². The number of rotatable bonds is 4. The third-order valence-corrected chi connectivity index (χ3v) is 3.15. The highest BCUT2D eigenvalue weighted by Crippen LogP contribution is 2.22. The van der Waals surface area contributed by atoms with Crippen LogP contribution in [-0.4, -0.2) is 5.91 Å². The molecule has 0 spiro atoms. The van der Waals surface area contributed by atoms with Crippen LogP contribution in [0.25, 0.3) is 0 Å². The molecule has 1 N–H and O–H groups in total. The zero-order valence-electron chi connectivity index (χ0n) is 10.8. The molecule has 0 heterocycles. The predicted octanol–water partition coefficient (Wildman–Crippen LogP) is 2.94. The minimum absolute atomic E-state index is 0.326. The lowest BCUT2D eigenvalue weighted by Crippen LogP contribution is -2.38. The molecule has 1 aromatic rings. The van der Waals surface area contributed by atoms with E-state index >= 15 is 0 Å². The zero-order chi connectivity index (χ0) is 13.8. The molecule has 2 atom stereocenters. The number of halogens is 1. The molecule has 0 aliphatic heterocycles. The van der Waals surface area contributed by atoms with Gasteiger partial charge < -0.3 is 5.32 Å². The predicted molar refractivity (Wildman–Crippen MR) is 67.0 cm³/mol. The molecule has 1 amide bonds. The summed E-state index contributed by atoms with van der Waals surface area (Å²) in [5.41, 5.74) is -0.360. The van der Waals surface area contributed by atoms with E-state index in [2.05, 4.69) is 5.32 Å². The summed E-state index contributed by atoms with van der Waals surface area (Å²) in [7, 11) is 0. The highest BCUT2D eigenvalue weighted by atomic mass is 19.1. The van der Waals surface area contributed by atoms with E-state index < -0.39 is 5.41 Å². The molecule has 0 saturated carbocycles. The van der Waals surface area contributed by atoms with Crippen LogP contribution < -0.4 is 5.32 Å². The van der Waals surface area contributed by atoms with Crippen LogP contribution in [0, 0.1) is 22.6 Å². The SMILES string of the molecule is CCC(C)(C#N)C(=O)NC(C)c1cccc(F)c1. The van der Waals surface area contributed by atoms with E-state index in [-0.39, 0.29) is 17.8 Å². The summed E-state index contributed by atoms with van der Waals surface area (Å²) in [5, 5.41) is 11.8. The minimum atomic E-state index is -1.04. The third kappa shape index (κ3) is 3.07. The number of nitrogens with zero attached hydrogens (tertiary/aromatic N) is 1. The maximum atomic E-state index is 13.1. The van der Waals surface area contributed by atoms with E-state index in [0.717, 1.165) is 0 Å². The second kappa shape index (κ2) is 5.63. The van der Waals surface area contributed by atoms with E-state index in [0.29, 0.717) is 12.0 Å². The summed E-state index contributed by atoms with van der Waals surface area (Å²) in [6.07, 6.45) is 0.436. The first-order chi connectivity index (χ1) is 8.42. The quantitative estimate of drug-likeness (QED) is 0.890. The van der Waals surface area contributed by atoms with Crippen molar-refractivity contribution in [1.82, 2.24) is 5.32 Å². The van der Waals surface area contributed by atoms with Gasteiger partial charge in [-0.2, -0.15) is 5.26 Å². The van der Waals surface area contributed by atoms with Crippen molar-refractivity contribution < 1.29 is 9.18 Å². The molecule has 3 nitrogen and oxygen atoms in total. The van der Waals surface area contributed by atoms with Crippen molar-refractivity contribution in [3.63, 3.8) is 0 Å². The lowest BCUT2D eigenvalue weighted by atomic mass is 9.88. The summed E-state index contributed by atoms with van der Waals surface area (Å²) in [6.45, 7) is 5.15. The first kappa shape index (κ1) is 14.2. The number of benzene rings is 1. The van der Waals surface area contributed by atoms with Gasteiger partial charge in [-0.25, -0.2) is 4.39 Å². The van der Waals surface area contributed by atoms with E-state index in [1.807, 2.05) is 6.07 Å². The number of nitrogens with one attached hydrogen (secondary N) is 1. The fraction of sp³-hybridized carbons (Fsp3) is 0.429. The summed E-state index contributed by atoms with van der Waals surface area (Å²) in [5.74, 6) is -0.670. The van der Waals surface area contributed by atoms with Crippen LogP contribution in [0.5, 0.6) is 0 Å². The normalized spacial score (nSPS) is 15.3. The van der Waals surface area contributed by atoms with Gasteiger partial charge in [-0.3, -0.25) is 4.79 Å². The maximum absolute atomic E-state index is 13.1. The average Bonchev–Trinajstić information content (AvgIpc) is 2.37. The van der Waals surface area contributed by atoms with Crippen molar-refractivity contribution in [1.29, 1.82) is 5.26 Å². The Balaban J connectivity index is 2.80. The van der Waals surface area contributed by atoms with Crippen molar-refractivity contribution in [2.24, 2.45) is 5.41 Å². The molecule has 0 aliphatic carbocycles. The Bertz CT molecular complexity index is 481. The Kier molecular flexibility index (Phi) is 4.43. The second-order valence-electron chi connectivity index (χ2n) is 4.55. The van der Waals surface area contributed by atoms with E-state index in [9.17, 15) is 9.18 Å². The monoisotopic (exact) mass is 248 g/mol. The molecule has 0 fully saturated rings. The van der Waals surface area contributed by atoms with Crippen LogP contribution in [0.15, 0.2) is 24.3 Å². The fourth-order valence-corrected chi connectivity index (χ4v) is 1.51. The minimum Gasteiger partial charge on any atom is -0.348 e. The lowest BCUT2D eigenvalue weighted by Gasteiger charge is -2.22.